The molecule has 0 aliphatic rings. The molecule has 0 spiro atoms. The van der Waals surface area contributed by atoms with Crippen LogP contribution in [-0.2, 0) is 6.42 Å². The lowest BCUT2D eigenvalue weighted by atomic mass is 10.2. The van der Waals surface area contributed by atoms with Gasteiger partial charge in [-0.15, -0.1) is 11.3 Å². The van der Waals surface area contributed by atoms with Gasteiger partial charge in [0.05, 0.1) is 22.8 Å². The molecule has 0 aliphatic heterocycles. The number of para-hydroxylation sites is 2. The van der Waals surface area contributed by atoms with Crippen molar-refractivity contribution < 1.29 is 0 Å². The van der Waals surface area contributed by atoms with Crippen molar-refractivity contribution in [3.63, 3.8) is 0 Å². The smallest absolute Gasteiger partial charge is 0.259 e. The lowest BCUT2D eigenvalue weighted by Crippen LogP contribution is -2.12. The highest BCUT2D eigenvalue weighted by Crippen LogP contribution is 2.25. The van der Waals surface area contributed by atoms with Crippen molar-refractivity contribution in [2.24, 2.45) is 0 Å². The van der Waals surface area contributed by atoms with Crippen LogP contribution in [0, 0.1) is 13.8 Å². The van der Waals surface area contributed by atoms with Crippen LogP contribution in [0.25, 0.3) is 21.3 Å². The summed E-state index contributed by atoms with van der Waals surface area (Å²) < 4.78 is 0. The molecule has 0 saturated heterocycles. The Morgan fingerprint density at radius 2 is 1.86 bits per heavy atom. The fourth-order valence-corrected chi connectivity index (χ4v) is 3.68. The highest BCUT2D eigenvalue weighted by molar-refractivity contribution is 7.18. The molecule has 3 heterocycles. The van der Waals surface area contributed by atoms with Crippen molar-refractivity contribution in [2.75, 3.05) is 0 Å². The van der Waals surface area contributed by atoms with Gasteiger partial charge in [-0.25, -0.2) is 9.97 Å². The average molecular weight is 310 g/mol. The minimum atomic E-state index is -0.0713. The van der Waals surface area contributed by atoms with Crippen molar-refractivity contribution in [3.05, 3.63) is 56.7 Å². The largest absolute Gasteiger partial charge is 0.342 e. The van der Waals surface area contributed by atoms with Gasteiger partial charge in [-0.3, -0.25) is 4.79 Å². The SMILES string of the molecule is Cc1sc2nc(Cc3nc4ccccc4[nH]3)[nH]c(=O)c2c1C. The summed E-state index contributed by atoms with van der Waals surface area (Å²) in [5.41, 5.74) is 2.86. The maximum atomic E-state index is 12.3. The van der Waals surface area contributed by atoms with E-state index in [1.54, 1.807) is 11.3 Å². The van der Waals surface area contributed by atoms with Crippen molar-refractivity contribution in [1.82, 2.24) is 19.9 Å². The van der Waals surface area contributed by atoms with E-state index in [4.69, 9.17) is 0 Å². The van der Waals surface area contributed by atoms with Gasteiger partial charge < -0.3 is 9.97 Å². The zero-order valence-electron chi connectivity index (χ0n) is 12.2. The Kier molecular flexibility index (Phi) is 2.87. The summed E-state index contributed by atoms with van der Waals surface area (Å²) >= 11 is 1.56. The molecule has 110 valence electrons. The molecule has 0 unspecified atom stereocenters. The maximum Gasteiger partial charge on any atom is 0.259 e. The third-order valence-electron chi connectivity index (χ3n) is 3.86. The van der Waals surface area contributed by atoms with Crippen LogP contribution in [0.3, 0.4) is 0 Å². The number of aromatic amines is 2. The first kappa shape index (κ1) is 13.2. The predicted octanol–water partition coefficient (Wildman–Crippen LogP) is 3.07. The van der Waals surface area contributed by atoms with E-state index in [-0.39, 0.29) is 5.56 Å². The van der Waals surface area contributed by atoms with Crippen LogP contribution in [0.5, 0.6) is 0 Å². The monoisotopic (exact) mass is 310 g/mol. The molecule has 0 amide bonds. The molecule has 1 aromatic carbocycles. The Balaban J connectivity index is 1.79. The first-order valence-electron chi connectivity index (χ1n) is 7.04. The van der Waals surface area contributed by atoms with Crippen LogP contribution < -0.4 is 5.56 Å². The van der Waals surface area contributed by atoms with Gasteiger partial charge in [-0.05, 0) is 31.5 Å². The zero-order chi connectivity index (χ0) is 15.3. The van der Waals surface area contributed by atoms with Crippen molar-refractivity contribution in [1.29, 1.82) is 0 Å². The highest BCUT2D eigenvalue weighted by Gasteiger charge is 2.13. The number of nitrogens with zero attached hydrogens (tertiary/aromatic N) is 2. The molecular formula is C16H14N4OS. The summed E-state index contributed by atoms with van der Waals surface area (Å²) in [5.74, 6) is 1.44. The average Bonchev–Trinajstić information content (AvgIpc) is 3.00. The molecule has 6 heteroatoms. The van der Waals surface area contributed by atoms with Crippen LogP contribution in [0.1, 0.15) is 22.1 Å². The van der Waals surface area contributed by atoms with Gasteiger partial charge >= 0.3 is 0 Å². The van der Waals surface area contributed by atoms with Gasteiger partial charge in [-0.2, -0.15) is 0 Å². The van der Waals surface area contributed by atoms with E-state index in [2.05, 4.69) is 19.9 Å². The number of benzene rings is 1. The molecule has 3 aromatic heterocycles. The van der Waals surface area contributed by atoms with Gasteiger partial charge in [0.15, 0.2) is 0 Å². The van der Waals surface area contributed by atoms with Gasteiger partial charge in [0.1, 0.15) is 16.5 Å². The Morgan fingerprint density at radius 1 is 1.09 bits per heavy atom. The van der Waals surface area contributed by atoms with Crippen LogP contribution >= 0.6 is 11.3 Å². The summed E-state index contributed by atoms with van der Waals surface area (Å²) in [6, 6.07) is 7.86. The molecule has 5 nitrogen and oxygen atoms in total. The second-order valence-electron chi connectivity index (χ2n) is 5.35. The summed E-state index contributed by atoms with van der Waals surface area (Å²) in [6.45, 7) is 3.98. The van der Waals surface area contributed by atoms with Gasteiger partial charge in [-0.1, -0.05) is 12.1 Å². The quantitative estimate of drug-likeness (QED) is 0.597. The Bertz CT molecular complexity index is 1020. The zero-order valence-corrected chi connectivity index (χ0v) is 13.0. The number of fused-ring (bicyclic) bond motifs is 2. The summed E-state index contributed by atoms with van der Waals surface area (Å²) in [4.78, 5) is 29.5. The first-order chi connectivity index (χ1) is 10.6. The van der Waals surface area contributed by atoms with E-state index < -0.39 is 0 Å². The van der Waals surface area contributed by atoms with Gasteiger partial charge in [0.2, 0.25) is 0 Å². The minimum absolute atomic E-state index is 0.0713. The molecule has 0 radical (unpaired) electrons. The summed E-state index contributed by atoms with van der Waals surface area (Å²) in [7, 11) is 0. The normalized spacial score (nSPS) is 11.5. The number of H-pyrrole nitrogens is 2. The number of nitrogens with one attached hydrogen (secondary N) is 2. The van der Waals surface area contributed by atoms with Crippen LogP contribution in [0.2, 0.25) is 0 Å². The number of aryl methyl sites for hydroxylation is 2. The van der Waals surface area contributed by atoms with E-state index in [9.17, 15) is 4.79 Å². The summed E-state index contributed by atoms with van der Waals surface area (Å²) in [5, 5.41) is 0.704. The van der Waals surface area contributed by atoms with Gasteiger partial charge in [0.25, 0.3) is 5.56 Å². The number of imidazole rings is 1. The van der Waals surface area contributed by atoms with Crippen LogP contribution in [0.15, 0.2) is 29.1 Å². The molecule has 0 atom stereocenters. The fourth-order valence-electron chi connectivity index (χ4n) is 2.63. The Labute approximate surface area is 130 Å². The molecule has 0 saturated carbocycles. The second kappa shape index (κ2) is 4.78. The van der Waals surface area contributed by atoms with Crippen molar-refractivity contribution in [3.8, 4) is 0 Å². The Hall–Kier alpha value is -2.47. The first-order valence-corrected chi connectivity index (χ1v) is 7.86. The van der Waals surface area contributed by atoms with Crippen LogP contribution in [0.4, 0.5) is 0 Å². The maximum absolute atomic E-state index is 12.3. The molecule has 0 aliphatic carbocycles. The highest BCUT2D eigenvalue weighted by atomic mass is 32.1. The van der Waals surface area contributed by atoms with Crippen LogP contribution in [-0.4, -0.2) is 19.9 Å². The molecule has 0 bridgehead atoms. The lowest BCUT2D eigenvalue weighted by Gasteiger charge is -1.98. The molecule has 4 aromatic rings. The molecular weight excluding hydrogens is 296 g/mol. The topological polar surface area (TPSA) is 74.4 Å². The van der Waals surface area contributed by atoms with E-state index in [1.165, 1.54) is 0 Å². The van der Waals surface area contributed by atoms with Gasteiger partial charge in [0, 0.05) is 4.88 Å². The van der Waals surface area contributed by atoms with E-state index >= 15 is 0 Å². The summed E-state index contributed by atoms with van der Waals surface area (Å²) in [6.07, 6.45) is 0.482. The fraction of sp³-hybridized carbons (Fsp3) is 0.188. The molecule has 22 heavy (non-hydrogen) atoms. The number of hydrogen-bond acceptors (Lipinski definition) is 4. The van der Waals surface area contributed by atoms with Crippen molar-refractivity contribution in [2.45, 2.75) is 20.3 Å². The second-order valence-corrected chi connectivity index (χ2v) is 6.56. The molecule has 2 N–H and O–H groups in total. The number of aromatic nitrogens is 4. The third kappa shape index (κ3) is 2.03. The van der Waals surface area contributed by atoms with Crippen molar-refractivity contribution >= 4 is 32.6 Å². The van der Waals surface area contributed by atoms with E-state index in [0.717, 1.165) is 32.1 Å². The minimum Gasteiger partial charge on any atom is -0.342 e. The Morgan fingerprint density at radius 3 is 2.68 bits per heavy atom. The third-order valence-corrected chi connectivity index (χ3v) is 4.96. The molecule has 0 fully saturated rings. The standard InChI is InChI=1S/C16H14N4OS/c1-8-9(2)22-16-14(8)15(21)19-13(20-16)7-12-17-10-5-3-4-6-11(10)18-12/h3-6H,7H2,1-2H3,(H,17,18)(H,19,20,21). The number of hydrogen-bond donors (Lipinski definition) is 2. The number of thiophene rings is 1. The van der Waals surface area contributed by atoms with E-state index in [1.807, 2.05) is 38.1 Å². The van der Waals surface area contributed by atoms with E-state index in [0.29, 0.717) is 17.6 Å². The number of rotatable bonds is 2. The molecule has 4 rings (SSSR count). The predicted molar refractivity (Wildman–Crippen MR) is 88.6 cm³/mol. The lowest BCUT2D eigenvalue weighted by molar-refractivity contribution is 0.923.